The molecule has 1 N–H and O–H groups in total. The summed E-state index contributed by atoms with van der Waals surface area (Å²) in [5.41, 5.74) is 1.07. The smallest absolute Gasteiger partial charge is 0.256 e. The minimum Gasteiger partial charge on any atom is -0.370 e. The Labute approximate surface area is 133 Å². The minimum absolute atomic E-state index is 0.0470. The Hall–Kier alpha value is -2.50. The Bertz CT molecular complexity index is 697. The van der Waals surface area contributed by atoms with Crippen LogP contribution in [0.3, 0.4) is 0 Å². The molecule has 1 aliphatic heterocycles. The fourth-order valence-corrected chi connectivity index (χ4v) is 2.63. The van der Waals surface area contributed by atoms with E-state index in [2.05, 4.69) is 15.2 Å². The fourth-order valence-electron chi connectivity index (χ4n) is 2.63. The molecule has 0 spiro atoms. The van der Waals surface area contributed by atoms with Gasteiger partial charge in [-0.25, -0.2) is 13.8 Å². The number of benzene rings is 1. The molecule has 0 saturated carbocycles. The number of anilines is 2. The summed E-state index contributed by atoms with van der Waals surface area (Å²) in [5, 5.41) is 2.58. The van der Waals surface area contributed by atoms with Gasteiger partial charge >= 0.3 is 0 Å². The number of aromatic nitrogens is 1. The molecular weight excluding hydrogens is 300 g/mol. The van der Waals surface area contributed by atoms with Crippen LogP contribution in [0.1, 0.15) is 29.6 Å². The standard InChI is InChI=1S/C17H17F2N3O/c18-14-6-4-12(10-15(14)19)17(23)21-16-7-5-13(11-20-16)22-8-2-1-3-9-22/h4-7,10-11H,1-3,8-9H2,(H,20,21,23). The molecule has 0 bridgehead atoms. The minimum atomic E-state index is -1.05. The zero-order valence-electron chi connectivity index (χ0n) is 12.6. The van der Waals surface area contributed by atoms with Gasteiger partial charge in [-0.15, -0.1) is 0 Å². The van der Waals surface area contributed by atoms with Gasteiger partial charge < -0.3 is 10.2 Å². The Morgan fingerprint density at radius 1 is 1.04 bits per heavy atom. The van der Waals surface area contributed by atoms with E-state index in [9.17, 15) is 13.6 Å². The van der Waals surface area contributed by atoms with E-state index in [-0.39, 0.29) is 5.56 Å². The van der Waals surface area contributed by atoms with Gasteiger partial charge in [0.05, 0.1) is 11.9 Å². The van der Waals surface area contributed by atoms with Crippen LogP contribution in [0.5, 0.6) is 0 Å². The fraction of sp³-hybridized carbons (Fsp3) is 0.294. The first-order valence-electron chi connectivity index (χ1n) is 7.61. The zero-order valence-corrected chi connectivity index (χ0v) is 12.6. The number of hydrogen-bond donors (Lipinski definition) is 1. The largest absolute Gasteiger partial charge is 0.370 e. The first-order valence-corrected chi connectivity index (χ1v) is 7.61. The van der Waals surface area contributed by atoms with Crippen molar-refractivity contribution >= 4 is 17.4 Å². The van der Waals surface area contributed by atoms with E-state index < -0.39 is 17.5 Å². The third kappa shape index (κ3) is 3.64. The second-order valence-electron chi connectivity index (χ2n) is 5.53. The molecule has 1 aliphatic rings. The van der Waals surface area contributed by atoms with Gasteiger partial charge in [0.25, 0.3) is 5.91 Å². The number of halogens is 2. The molecule has 6 heteroatoms. The number of hydrogen-bond acceptors (Lipinski definition) is 3. The molecule has 3 rings (SSSR count). The first kappa shape index (κ1) is 15.4. The van der Waals surface area contributed by atoms with Crippen molar-refractivity contribution in [2.24, 2.45) is 0 Å². The highest BCUT2D eigenvalue weighted by Gasteiger charge is 2.13. The lowest BCUT2D eigenvalue weighted by molar-refractivity contribution is 0.102. The number of amides is 1. The summed E-state index contributed by atoms with van der Waals surface area (Å²) in [7, 11) is 0. The maximum Gasteiger partial charge on any atom is 0.256 e. The number of piperidine rings is 1. The summed E-state index contributed by atoms with van der Waals surface area (Å²) in [4.78, 5) is 18.5. The predicted molar refractivity (Wildman–Crippen MR) is 84.6 cm³/mol. The van der Waals surface area contributed by atoms with Crippen LogP contribution in [-0.2, 0) is 0 Å². The van der Waals surface area contributed by atoms with Gasteiger partial charge in [-0.1, -0.05) is 0 Å². The predicted octanol–water partition coefficient (Wildman–Crippen LogP) is 3.60. The lowest BCUT2D eigenvalue weighted by Gasteiger charge is -2.28. The van der Waals surface area contributed by atoms with E-state index in [4.69, 9.17) is 0 Å². The van der Waals surface area contributed by atoms with Crippen LogP contribution in [0.15, 0.2) is 36.5 Å². The molecule has 0 radical (unpaired) electrons. The van der Waals surface area contributed by atoms with Crippen LogP contribution in [0.25, 0.3) is 0 Å². The van der Waals surface area contributed by atoms with Crippen LogP contribution in [0.2, 0.25) is 0 Å². The normalized spacial score (nSPS) is 14.6. The average Bonchev–Trinajstić information content (AvgIpc) is 2.59. The van der Waals surface area contributed by atoms with Gasteiger partial charge in [0.15, 0.2) is 11.6 Å². The highest BCUT2D eigenvalue weighted by Crippen LogP contribution is 2.20. The van der Waals surface area contributed by atoms with Crippen molar-refractivity contribution in [3.8, 4) is 0 Å². The number of carbonyl (C=O) groups excluding carboxylic acids is 1. The SMILES string of the molecule is O=C(Nc1ccc(N2CCCCC2)cn1)c1ccc(F)c(F)c1. The summed E-state index contributed by atoms with van der Waals surface area (Å²) < 4.78 is 26.0. The molecule has 1 saturated heterocycles. The maximum absolute atomic E-state index is 13.2. The lowest BCUT2D eigenvalue weighted by atomic mass is 10.1. The number of carbonyl (C=O) groups is 1. The first-order chi connectivity index (χ1) is 11.1. The van der Waals surface area contributed by atoms with Gasteiger partial charge in [-0.05, 0) is 49.6 Å². The lowest BCUT2D eigenvalue weighted by Crippen LogP contribution is -2.29. The third-order valence-corrected chi connectivity index (χ3v) is 3.89. The highest BCUT2D eigenvalue weighted by atomic mass is 19.2. The van der Waals surface area contributed by atoms with Crippen molar-refractivity contribution in [3.05, 3.63) is 53.7 Å². The van der Waals surface area contributed by atoms with E-state index in [1.807, 2.05) is 6.07 Å². The van der Waals surface area contributed by atoms with E-state index in [0.29, 0.717) is 5.82 Å². The molecule has 1 fully saturated rings. The van der Waals surface area contributed by atoms with Crippen LogP contribution < -0.4 is 10.2 Å². The Morgan fingerprint density at radius 3 is 2.48 bits per heavy atom. The van der Waals surface area contributed by atoms with E-state index in [1.54, 1.807) is 12.3 Å². The summed E-state index contributed by atoms with van der Waals surface area (Å²) in [6.45, 7) is 2.03. The van der Waals surface area contributed by atoms with Crippen molar-refractivity contribution in [2.45, 2.75) is 19.3 Å². The molecule has 0 atom stereocenters. The molecule has 2 aromatic rings. The molecule has 1 aromatic carbocycles. The topological polar surface area (TPSA) is 45.2 Å². The van der Waals surface area contributed by atoms with E-state index in [0.717, 1.165) is 30.9 Å². The summed E-state index contributed by atoms with van der Waals surface area (Å²) in [5.74, 6) is -2.18. The number of nitrogens with zero attached hydrogens (tertiary/aromatic N) is 2. The summed E-state index contributed by atoms with van der Waals surface area (Å²) in [6, 6.07) is 6.64. The van der Waals surface area contributed by atoms with Gasteiger partial charge in [0.1, 0.15) is 5.82 Å². The van der Waals surface area contributed by atoms with Crippen molar-refractivity contribution in [1.29, 1.82) is 0 Å². The monoisotopic (exact) mass is 317 g/mol. The number of pyridine rings is 1. The van der Waals surface area contributed by atoms with Crippen molar-refractivity contribution in [3.63, 3.8) is 0 Å². The zero-order chi connectivity index (χ0) is 16.2. The van der Waals surface area contributed by atoms with Crippen molar-refractivity contribution in [2.75, 3.05) is 23.3 Å². The van der Waals surface area contributed by atoms with Crippen molar-refractivity contribution < 1.29 is 13.6 Å². The van der Waals surface area contributed by atoms with Crippen LogP contribution in [0.4, 0.5) is 20.3 Å². The van der Waals surface area contributed by atoms with E-state index >= 15 is 0 Å². The van der Waals surface area contributed by atoms with Crippen LogP contribution >= 0.6 is 0 Å². The summed E-state index contributed by atoms with van der Waals surface area (Å²) >= 11 is 0. The third-order valence-electron chi connectivity index (χ3n) is 3.89. The maximum atomic E-state index is 13.2. The van der Waals surface area contributed by atoms with Crippen LogP contribution in [0, 0.1) is 11.6 Å². The molecule has 4 nitrogen and oxygen atoms in total. The second kappa shape index (κ2) is 6.73. The number of nitrogens with one attached hydrogen (secondary N) is 1. The van der Waals surface area contributed by atoms with Gasteiger partial charge in [-0.2, -0.15) is 0 Å². The van der Waals surface area contributed by atoms with Gasteiger partial charge in [0, 0.05) is 18.7 Å². The van der Waals surface area contributed by atoms with Crippen LogP contribution in [-0.4, -0.2) is 24.0 Å². The molecule has 23 heavy (non-hydrogen) atoms. The molecule has 0 unspecified atom stereocenters. The molecule has 1 aromatic heterocycles. The molecular formula is C17H17F2N3O. The van der Waals surface area contributed by atoms with Crippen molar-refractivity contribution in [1.82, 2.24) is 4.98 Å². The summed E-state index contributed by atoms with van der Waals surface area (Å²) in [6.07, 6.45) is 5.32. The molecule has 2 heterocycles. The van der Waals surface area contributed by atoms with Gasteiger partial charge in [-0.3, -0.25) is 4.79 Å². The Morgan fingerprint density at radius 2 is 1.83 bits per heavy atom. The van der Waals surface area contributed by atoms with Gasteiger partial charge in [0.2, 0.25) is 0 Å². The molecule has 120 valence electrons. The molecule has 0 aliphatic carbocycles. The average molecular weight is 317 g/mol. The highest BCUT2D eigenvalue weighted by molar-refractivity contribution is 6.03. The number of rotatable bonds is 3. The Kier molecular flexibility index (Phi) is 4.50. The quantitative estimate of drug-likeness (QED) is 0.941. The van der Waals surface area contributed by atoms with E-state index in [1.165, 1.54) is 25.3 Å². The second-order valence-corrected chi connectivity index (χ2v) is 5.53. The Balaban J connectivity index is 1.67. The molecule has 1 amide bonds.